The van der Waals surface area contributed by atoms with Crippen LogP contribution in [0.1, 0.15) is 13.3 Å². The van der Waals surface area contributed by atoms with Gasteiger partial charge in [-0.1, -0.05) is 25.1 Å². The molecule has 2 nitrogen and oxygen atoms in total. The van der Waals surface area contributed by atoms with Gasteiger partial charge in [0.1, 0.15) is 5.25 Å². The molecule has 0 amide bonds. The molecule has 1 aromatic carbocycles. The molecular formula is C10H12O2S. The van der Waals surface area contributed by atoms with Crippen LogP contribution < -0.4 is 0 Å². The predicted octanol–water partition coefficient (Wildman–Crippen LogP) is 2.64. The molecule has 13 heavy (non-hydrogen) atoms. The first-order valence-corrected chi connectivity index (χ1v) is 5.06. The zero-order valence-electron chi connectivity index (χ0n) is 7.43. The number of carboxylic acids is 1. The van der Waals surface area contributed by atoms with E-state index in [4.69, 9.17) is 5.11 Å². The quantitative estimate of drug-likeness (QED) is 0.752. The zero-order valence-corrected chi connectivity index (χ0v) is 8.25. The van der Waals surface area contributed by atoms with Crippen molar-refractivity contribution < 1.29 is 9.90 Å². The van der Waals surface area contributed by atoms with Crippen molar-refractivity contribution in [2.45, 2.75) is 23.5 Å². The van der Waals surface area contributed by atoms with Crippen molar-refractivity contribution in [3.63, 3.8) is 0 Å². The Morgan fingerprint density at radius 1 is 1.46 bits per heavy atom. The number of carboxylic acid groups (broad SMARTS) is 1. The van der Waals surface area contributed by atoms with E-state index in [-0.39, 0.29) is 5.25 Å². The van der Waals surface area contributed by atoms with Gasteiger partial charge < -0.3 is 5.11 Å². The third kappa shape index (κ3) is 3.11. The van der Waals surface area contributed by atoms with Gasteiger partial charge in [0.2, 0.25) is 0 Å². The van der Waals surface area contributed by atoms with E-state index in [1.807, 2.05) is 37.3 Å². The molecule has 0 heterocycles. The van der Waals surface area contributed by atoms with Crippen molar-refractivity contribution in [1.29, 1.82) is 0 Å². The molecule has 0 aliphatic heterocycles. The fraction of sp³-hybridized carbons (Fsp3) is 0.300. The molecular weight excluding hydrogens is 184 g/mol. The number of aliphatic carboxylic acids is 1. The van der Waals surface area contributed by atoms with E-state index in [0.717, 1.165) is 4.90 Å². The predicted molar refractivity (Wildman–Crippen MR) is 54.0 cm³/mol. The SMILES string of the molecule is CC[C@H](Sc1ccccc1)C(=O)O. The Balaban J connectivity index is 2.62. The molecule has 0 radical (unpaired) electrons. The highest BCUT2D eigenvalue weighted by molar-refractivity contribution is 8.00. The Hall–Kier alpha value is -0.960. The van der Waals surface area contributed by atoms with Gasteiger partial charge in [0.05, 0.1) is 0 Å². The molecule has 70 valence electrons. The van der Waals surface area contributed by atoms with Crippen LogP contribution in [0.3, 0.4) is 0 Å². The van der Waals surface area contributed by atoms with Gasteiger partial charge >= 0.3 is 5.97 Å². The van der Waals surface area contributed by atoms with Crippen molar-refractivity contribution in [2.75, 3.05) is 0 Å². The van der Waals surface area contributed by atoms with Crippen LogP contribution in [0.5, 0.6) is 0 Å². The minimum Gasteiger partial charge on any atom is -0.480 e. The van der Waals surface area contributed by atoms with Crippen molar-refractivity contribution in [1.82, 2.24) is 0 Å². The van der Waals surface area contributed by atoms with E-state index < -0.39 is 5.97 Å². The van der Waals surface area contributed by atoms with Gasteiger partial charge in [0, 0.05) is 4.90 Å². The van der Waals surface area contributed by atoms with E-state index in [0.29, 0.717) is 6.42 Å². The highest BCUT2D eigenvalue weighted by Gasteiger charge is 2.15. The third-order valence-electron chi connectivity index (χ3n) is 1.67. The number of hydrogen-bond acceptors (Lipinski definition) is 2. The summed E-state index contributed by atoms with van der Waals surface area (Å²) in [7, 11) is 0. The molecule has 3 heteroatoms. The van der Waals surface area contributed by atoms with E-state index in [9.17, 15) is 4.79 Å². The van der Waals surface area contributed by atoms with Crippen LogP contribution >= 0.6 is 11.8 Å². The molecule has 0 fully saturated rings. The molecule has 0 aliphatic rings. The molecule has 0 spiro atoms. The molecule has 1 aromatic rings. The maximum absolute atomic E-state index is 10.7. The third-order valence-corrected chi connectivity index (χ3v) is 3.03. The number of hydrogen-bond donors (Lipinski definition) is 1. The molecule has 0 unspecified atom stereocenters. The summed E-state index contributed by atoms with van der Waals surface area (Å²) in [5, 5.41) is 8.48. The fourth-order valence-electron chi connectivity index (χ4n) is 0.972. The zero-order chi connectivity index (χ0) is 9.68. The van der Waals surface area contributed by atoms with Crippen molar-refractivity contribution >= 4 is 17.7 Å². The molecule has 0 aliphatic carbocycles. The first-order valence-electron chi connectivity index (χ1n) is 4.18. The summed E-state index contributed by atoms with van der Waals surface area (Å²) in [5.74, 6) is -0.739. The second-order valence-electron chi connectivity index (χ2n) is 2.67. The minimum absolute atomic E-state index is 0.331. The van der Waals surface area contributed by atoms with Gasteiger partial charge in [-0.05, 0) is 18.6 Å². The highest BCUT2D eigenvalue weighted by Crippen LogP contribution is 2.24. The molecule has 0 bridgehead atoms. The van der Waals surface area contributed by atoms with Crippen LogP contribution in [-0.2, 0) is 4.79 Å². The number of carbonyl (C=O) groups is 1. The summed E-state index contributed by atoms with van der Waals surface area (Å²) in [5.41, 5.74) is 0. The van der Waals surface area contributed by atoms with Crippen LogP contribution in [0, 0.1) is 0 Å². The largest absolute Gasteiger partial charge is 0.480 e. The van der Waals surface area contributed by atoms with Gasteiger partial charge in [0.25, 0.3) is 0 Å². The maximum atomic E-state index is 10.7. The maximum Gasteiger partial charge on any atom is 0.316 e. The van der Waals surface area contributed by atoms with E-state index in [1.165, 1.54) is 11.8 Å². The monoisotopic (exact) mass is 196 g/mol. The fourth-order valence-corrected chi connectivity index (χ4v) is 1.88. The Kier molecular flexibility index (Phi) is 3.83. The lowest BCUT2D eigenvalue weighted by atomic mass is 10.3. The summed E-state index contributed by atoms with van der Waals surface area (Å²) < 4.78 is 0. The first-order chi connectivity index (χ1) is 6.24. The number of benzene rings is 1. The highest BCUT2D eigenvalue weighted by atomic mass is 32.2. The molecule has 1 rings (SSSR count). The topological polar surface area (TPSA) is 37.3 Å². The lowest BCUT2D eigenvalue weighted by molar-refractivity contribution is -0.136. The standard InChI is InChI=1S/C10H12O2S/c1-2-9(10(11)12)13-8-6-4-3-5-7-8/h3-7,9H,2H2,1H3,(H,11,12)/t9-/m0/s1. The van der Waals surface area contributed by atoms with Crippen molar-refractivity contribution in [2.24, 2.45) is 0 Å². The van der Waals surface area contributed by atoms with Crippen LogP contribution in [0.2, 0.25) is 0 Å². The number of thioether (sulfide) groups is 1. The number of rotatable bonds is 4. The average Bonchev–Trinajstić information content (AvgIpc) is 2.15. The second kappa shape index (κ2) is 4.92. The van der Waals surface area contributed by atoms with E-state index in [1.54, 1.807) is 0 Å². The van der Waals surface area contributed by atoms with Crippen molar-refractivity contribution in [3.8, 4) is 0 Å². The lowest BCUT2D eigenvalue weighted by Crippen LogP contribution is -2.14. The summed E-state index contributed by atoms with van der Waals surface area (Å²) >= 11 is 1.40. The summed E-state index contributed by atoms with van der Waals surface area (Å²) in [6.07, 6.45) is 0.648. The summed E-state index contributed by atoms with van der Waals surface area (Å²) in [6, 6.07) is 9.60. The summed E-state index contributed by atoms with van der Waals surface area (Å²) in [4.78, 5) is 11.7. The molecule has 0 aromatic heterocycles. The molecule has 1 atom stereocenters. The van der Waals surface area contributed by atoms with Crippen LogP contribution in [-0.4, -0.2) is 16.3 Å². The molecule has 1 N–H and O–H groups in total. The Labute approximate surface area is 82.0 Å². The average molecular weight is 196 g/mol. The van der Waals surface area contributed by atoms with E-state index in [2.05, 4.69) is 0 Å². The second-order valence-corrected chi connectivity index (χ2v) is 3.94. The van der Waals surface area contributed by atoms with Gasteiger partial charge in [0.15, 0.2) is 0 Å². The van der Waals surface area contributed by atoms with Crippen molar-refractivity contribution in [3.05, 3.63) is 30.3 Å². The van der Waals surface area contributed by atoms with Gasteiger partial charge in [-0.3, -0.25) is 4.79 Å². The van der Waals surface area contributed by atoms with Crippen LogP contribution in [0.15, 0.2) is 35.2 Å². The van der Waals surface area contributed by atoms with Gasteiger partial charge in [-0.2, -0.15) is 0 Å². The smallest absolute Gasteiger partial charge is 0.316 e. The summed E-state index contributed by atoms with van der Waals surface area (Å²) in [6.45, 7) is 1.88. The van der Waals surface area contributed by atoms with Crippen LogP contribution in [0.4, 0.5) is 0 Å². The van der Waals surface area contributed by atoms with E-state index >= 15 is 0 Å². The normalized spacial score (nSPS) is 12.4. The molecule has 0 saturated heterocycles. The lowest BCUT2D eigenvalue weighted by Gasteiger charge is -2.08. The Bertz CT molecular complexity index is 272. The Morgan fingerprint density at radius 2 is 2.08 bits per heavy atom. The molecule has 0 saturated carbocycles. The Morgan fingerprint density at radius 3 is 2.54 bits per heavy atom. The van der Waals surface area contributed by atoms with Crippen LogP contribution in [0.25, 0.3) is 0 Å². The minimum atomic E-state index is -0.739. The van der Waals surface area contributed by atoms with Gasteiger partial charge in [-0.25, -0.2) is 0 Å². The first kappa shape index (κ1) is 10.1. The van der Waals surface area contributed by atoms with Gasteiger partial charge in [-0.15, -0.1) is 11.8 Å².